The monoisotopic (exact) mass is 254 g/mol. The minimum Gasteiger partial charge on any atom is -0.388 e. The van der Waals surface area contributed by atoms with Crippen molar-refractivity contribution in [2.75, 3.05) is 0 Å². The summed E-state index contributed by atoms with van der Waals surface area (Å²) >= 11 is 0. The first-order valence-electron chi connectivity index (χ1n) is 6.24. The molecule has 1 fully saturated rings. The summed E-state index contributed by atoms with van der Waals surface area (Å²) in [4.78, 5) is 0. The third-order valence-electron chi connectivity index (χ3n) is 5.04. The van der Waals surface area contributed by atoms with Crippen molar-refractivity contribution in [3.8, 4) is 0 Å². The van der Waals surface area contributed by atoms with E-state index in [1.165, 1.54) is 6.92 Å². The highest BCUT2D eigenvalue weighted by Gasteiger charge is 2.67. The molecular formula is C15H20F2O. The lowest BCUT2D eigenvalue weighted by atomic mass is 9.98. The minimum atomic E-state index is -0.954. The van der Waals surface area contributed by atoms with Crippen LogP contribution >= 0.6 is 0 Å². The van der Waals surface area contributed by atoms with Crippen LogP contribution in [0.1, 0.15) is 44.9 Å². The number of aliphatic hydroxyl groups excluding tert-OH is 1. The summed E-state index contributed by atoms with van der Waals surface area (Å²) in [5.41, 5.74) is 0.194. The van der Waals surface area contributed by atoms with Gasteiger partial charge in [0, 0.05) is 11.5 Å². The van der Waals surface area contributed by atoms with E-state index in [9.17, 15) is 13.9 Å². The predicted molar refractivity (Wildman–Crippen MR) is 67.1 cm³/mol. The molecular weight excluding hydrogens is 234 g/mol. The standard InChI is InChI=1S/C15H20F2O/c1-8-6-11(17)9(7-10(8)16)12(18)13-14(2,3)15(13,4)5/h6-7,12-13,18H,1-5H3. The van der Waals surface area contributed by atoms with E-state index in [1.807, 2.05) is 27.7 Å². The molecule has 100 valence electrons. The number of rotatable bonds is 2. The lowest BCUT2D eigenvalue weighted by molar-refractivity contribution is 0.126. The van der Waals surface area contributed by atoms with Gasteiger partial charge >= 0.3 is 0 Å². The number of halogens is 2. The molecule has 0 bridgehead atoms. The molecule has 18 heavy (non-hydrogen) atoms. The number of aliphatic hydroxyl groups is 1. The van der Waals surface area contributed by atoms with Crippen molar-refractivity contribution in [2.45, 2.75) is 40.7 Å². The van der Waals surface area contributed by atoms with Gasteiger partial charge in [-0.3, -0.25) is 0 Å². The molecule has 2 rings (SSSR count). The number of aryl methyl sites for hydroxylation is 1. The van der Waals surface area contributed by atoms with Gasteiger partial charge in [0.05, 0.1) is 6.10 Å². The maximum Gasteiger partial charge on any atom is 0.129 e. The lowest BCUT2D eigenvalue weighted by Gasteiger charge is -2.15. The van der Waals surface area contributed by atoms with Gasteiger partial charge in [0.15, 0.2) is 0 Å². The average Bonchev–Trinajstić information content (AvgIpc) is 2.62. The Kier molecular flexibility index (Phi) is 2.82. The van der Waals surface area contributed by atoms with Crippen molar-refractivity contribution in [3.63, 3.8) is 0 Å². The van der Waals surface area contributed by atoms with Gasteiger partial charge in [0.25, 0.3) is 0 Å². The molecule has 1 aromatic rings. The van der Waals surface area contributed by atoms with Crippen LogP contribution in [-0.4, -0.2) is 5.11 Å². The molecule has 0 aliphatic heterocycles. The Hall–Kier alpha value is -0.960. The molecule has 1 aliphatic carbocycles. The Morgan fingerprint density at radius 1 is 1.06 bits per heavy atom. The zero-order valence-corrected chi connectivity index (χ0v) is 11.5. The Bertz CT molecular complexity index is 478. The molecule has 3 heteroatoms. The maximum absolute atomic E-state index is 13.8. The largest absolute Gasteiger partial charge is 0.388 e. The van der Waals surface area contributed by atoms with Gasteiger partial charge in [0.2, 0.25) is 0 Å². The van der Waals surface area contributed by atoms with E-state index < -0.39 is 17.7 Å². The molecule has 1 nitrogen and oxygen atoms in total. The van der Waals surface area contributed by atoms with Crippen LogP contribution in [0, 0.1) is 35.3 Å². The Balaban J connectivity index is 2.37. The molecule has 0 aromatic heterocycles. The Morgan fingerprint density at radius 2 is 1.56 bits per heavy atom. The fourth-order valence-corrected chi connectivity index (χ4v) is 3.10. The van der Waals surface area contributed by atoms with E-state index in [4.69, 9.17) is 0 Å². The average molecular weight is 254 g/mol. The van der Waals surface area contributed by atoms with E-state index in [0.29, 0.717) is 0 Å². The summed E-state index contributed by atoms with van der Waals surface area (Å²) in [7, 11) is 0. The zero-order chi connectivity index (χ0) is 13.9. The van der Waals surface area contributed by atoms with E-state index >= 15 is 0 Å². The predicted octanol–water partition coefficient (Wildman–Crippen LogP) is 3.99. The van der Waals surface area contributed by atoms with Gasteiger partial charge in [-0.05, 0) is 35.4 Å². The molecule has 0 spiro atoms. The van der Waals surface area contributed by atoms with Crippen LogP contribution in [0.25, 0.3) is 0 Å². The van der Waals surface area contributed by atoms with Crippen LogP contribution < -0.4 is 0 Å². The zero-order valence-electron chi connectivity index (χ0n) is 11.5. The second kappa shape index (κ2) is 3.77. The topological polar surface area (TPSA) is 20.2 Å². The highest BCUT2D eigenvalue weighted by Crippen LogP contribution is 2.72. The maximum atomic E-state index is 13.8. The molecule has 1 saturated carbocycles. The van der Waals surface area contributed by atoms with Crippen molar-refractivity contribution in [3.05, 3.63) is 34.9 Å². The van der Waals surface area contributed by atoms with E-state index in [0.717, 1.165) is 12.1 Å². The fourth-order valence-electron chi connectivity index (χ4n) is 3.10. The van der Waals surface area contributed by atoms with Crippen molar-refractivity contribution >= 4 is 0 Å². The number of benzene rings is 1. The third kappa shape index (κ3) is 1.68. The van der Waals surface area contributed by atoms with Crippen molar-refractivity contribution in [1.29, 1.82) is 0 Å². The molecule has 0 saturated heterocycles. The quantitative estimate of drug-likeness (QED) is 0.846. The van der Waals surface area contributed by atoms with E-state index in [2.05, 4.69) is 0 Å². The van der Waals surface area contributed by atoms with Crippen LogP contribution in [0.2, 0.25) is 0 Å². The van der Waals surface area contributed by atoms with Gasteiger partial charge in [-0.25, -0.2) is 8.78 Å². The van der Waals surface area contributed by atoms with Crippen LogP contribution in [0.15, 0.2) is 12.1 Å². The summed E-state index contributed by atoms with van der Waals surface area (Å²) in [5, 5.41) is 10.3. The summed E-state index contributed by atoms with van der Waals surface area (Å²) in [6.45, 7) is 9.69. The van der Waals surface area contributed by atoms with Gasteiger partial charge < -0.3 is 5.11 Å². The van der Waals surface area contributed by atoms with Crippen molar-refractivity contribution < 1.29 is 13.9 Å². The normalized spacial score (nSPS) is 22.9. The Labute approximate surface area is 107 Å². The fraction of sp³-hybridized carbons (Fsp3) is 0.600. The van der Waals surface area contributed by atoms with Gasteiger partial charge in [-0.1, -0.05) is 27.7 Å². The summed E-state index contributed by atoms with van der Waals surface area (Å²) in [6.07, 6.45) is -0.954. The lowest BCUT2D eigenvalue weighted by Crippen LogP contribution is -2.09. The number of hydrogen-bond donors (Lipinski definition) is 1. The molecule has 1 aliphatic rings. The van der Waals surface area contributed by atoms with E-state index in [-0.39, 0.29) is 27.9 Å². The highest BCUT2D eigenvalue weighted by atomic mass is 19.1. The molecule has 1 N–H and O–H groups in total. The molecule has 0 radical (unpaired) electrons. The minimum absolute atomic E-state index is 0.0541. The summed E-state index contributed by atoms with van der Waals surface area (Å²) < 4.78 is 27.4. The first kappa shape index (κ1) is 13.5. The van der Waals surface area contributed by atoms with Gasteiger partial charge in [-0.15, -0.1) is 0 Å². The molecule has 1 atom stereocenters. The van der Waals surface area contributed by atoms with Crippen LogP contribution in [-0.2, 0) is 0 Å². The number of hydrogen-bond acceptors (Lipinski definition) is 1. The molecule has 0 amide bonds. The second-order valence-electron chi connectivity index (χ2n) is 6.49. The summed E-state index contributed by atoms with van der Waals surface area (Å²) in [6, 6.07) is 2.27. The second-order valence-corrected chi connectivity index (χ2v) is 6.49. The van der Waals surface area contributed by atoms with Crippen LogP contribution in [0.4, 0.5) is 8.78 Å². The first-order valence-corrected chi connectivity index (χ1v) is 6.24. The highest BCUT2D eigenvalue weighted by molar-refractivity contribution is 5.30. The van der Waals surface area contributed by atoms with Crippen molar-refractivity contribution in [2.24, 2.45) is 16.7 Å². The first-order chi connectivity index (χ1) is 8.10. The van der Waals surface area contributed by atoms with Gasteiger partial charge in [-0.2, -0.15) is 0 Å². The van der Waals surface area contributed by atoms with Crippen LogP contribution in [0.5, 0.6) is 0 Å². The smallest absolute Gasteiger partial charge is 0.129 e. The third-order valence-corrected chi connectivity index (χ3v) is 5.04. The van der Waals surface area contributed by atoms with Crippen molar-refractivity contribution in [1.82, 2.24) is 0 Å². The van der Waals surface area contributed by atoms with Crippen LogP contribution in [0.3, 0.4) is 0 Å². The van der Waals surface area contributed by atoms with Gasteiger partial charge in [0.1, 0.15) is 11.6 Å². The molecule has 0 heterocycles. The summed E-state index contributed by atoms with van der Waals surface area (Å²) in [5.74, 6) is -1.05. The molecule has 1 unspecified atom stereocenters. The Morgan fingerprint density at radius 3 is 2.00 bits per heavy atom. The van der Waals surface area contributed by atoms with E-state index in [1.54, 1.807) is 0 Å². The molecule has 1 aromatic carbocycles. The SMILES string of the molecule is Cc1cc(F)c(C(O)C2C(C)(C)C2(C)C)cc1F.